The lowest BCUT2D eigenvalue weighted by Crippen LogP contribution is -2.49. The maximum atomic E-state index is 10.2. The molecule has 0 spiro atoms. The number of ether oxygens (including phenoxy) is 1. The van der Waals surface area contributed by atoms with Crippen molar-refractivity contribution in [3.63, 3.8) is 0 Å². The zero-order valence-electron chi connectivity index (χ0n) is 13.9. The molecular formula is C19H22BrClN2O2. The third kappa shape index (κ3) is 5.61. The van der Waals surface area contributed by atoms with Crippen molar-refractivity contribution < 1.29 is 9.84 Å². The van der Waals surface area contributed by atoms with Crippen LogP contribution in [-0.2, 0) is 0 Å². The summed E-state index contributed by atoms with van der Waals surface area (Å²) in [6.45, 7) is 4.63. The van der Waals surface area contributed by atoms with Gasteiger partial charge >= 0.3 is 0 Å². The molecule has 0 unspecified atom stereocenters. The molecule has 1 N–H and O–H groups in total. The number of rotatable bonds is 6. The molecule has 134 valence electrons. The monoisotopic (exact) mass is 424 g/mol. The SMILES string of the molecule is O[C@H](COc1ccc(Br)cc1)CN1CCN(c2cccc(Cl)c2)CC1. The maximum absolute atomic E-state index is 10.2. The fourth-order valence-electron chi connectivity index (χ4n) is 2.94. The summed E-state index contributed by atoms with van der Waals surface area (Å²) < 4.78 is 6.66. The van der Waals surface area contributed by atoms with Crippen LogP contribution in [0.3, 0.4) is 0 Å². The smallest absolute Gasteiger partial charge is 0.119 e. The van der Waals surface area contributed by atoms with Crippen LogP contribution in [-0.4, -0.2) is 55.4 Å². The highest BCUT2D eigenvalue weighted by Gasteiger charge is 2.19. The molecule has 1 saturated heterocycles. The van der Waals surface area contributed by atoms with E-state index in [1.807, 2.05) is 42.5 Å². The number of hydrogen-bond acceptors (Lipinski definition) is 4. The van der Waals surface area contributed by atoms with Gasteiger partial charge in [0, 0.05) is 47.9 Å². The van der Waals surface area contributed by atoms with Gasteiger partial charge in [-0.1, -0.05) is 33.6 Å². The Morgan fingerprint density at radius 1 is 1.08 bits per heavy atom. The Kier molecular flexibility index (Phi) is 6.59. The Hall–Kier alpha value is -1.27. The zero-order chi connectivity index (χ0) is 17.6. The van der Waals surface area contributed by atoms with Crippen molar-refractivity contribution in [3.8, 4) is 5.75 Å². The molecule has 0 aliphatic carbocycles. The minimum Gasteiger partial charge on any atom is -0.491 e. The number of anilines is 1. The lowest BCUT2D eigenvalue weighted by atomic mass is 10.2. The maximum Gasteiger partial charge on any atom is 0.119 e. The van der Waals surface area contributed by atoms with Crippen molar-refractivity contribution in [2.75, 3.05) is 44.2 Å². The van der Waals surface area contributed by atoms with Crippen molar-refractivity contribution in [2.24, 2.45) is 0 Å². The molecule has 25 heavy (non-hydrogen) atoms. The van der Waals surface area contributed by atoms with E-state index in [0.29, 0.717) is 13.2 Å². The highest BCUT2D eigenvalue weighted by molar-refractivity contribution is 9.10. The summed E-state index contributed by atoms with van der Waals surface area (Å²) in [7, 11) is 0. The van der Waals surface area contributed by atoms with Gasteiger partial charge in [0.1, 0.15) is 18.5 Å². The Bertz CT molecular complexity index is 675. The van der Waals surface area contributed by atoms with E-state index in [2.05, 4.69) is 31.8 Å². The molecule has 0 saturated carbocycles. The summed E-state index contributed by atoms with van der Waals surface area (Å²) in [5.41, 5.74) is 1.16. The largest absolute Gasteiger partial charge is 0.491 e. The first-order valence-corrected chi connectivity index (χ1v) is 9.56. The third-order valence-corrected chi connectivity index (χ3v) is 5.03. The molecule has 0 radical (unpaired) electrons. The quantitative estimate of drug-likeness (QED) is 0.766. The van der Waals surface area contributed by atoms with Crippen molar-refractivity contribution in [1.29, 1.82) is 0 Å². The molecular weight excluding hydrogens is 404 g/mol. The zero-order valence-corrected chi connectivity index (χ0v) is 16.3. The predicted molar refractivity (Wildman–Crippen MR) is 106 cm³/mol. The summed E-state index contributed by atoms with van der Waals surface area (Å²) in [6, 6.07) is 15.6. The normalized spacial score (nSPS) is 16.7. The molecule has 0 aromatic heterocycles. The first kappa shape index (κ1) is 18.5. The second-order valence-electron chi connectivity index (χ2n) is 6.19. The van der Waals surface area contributed by atoms with Gasteiger partial charge in [0.2, 0.25) is 0 Å². The number of aliphatic hydroxyl groups is 1. The molecule has 3 rings (SSSR count). The summed E-state index contributed by atoms with van der Waals surface area (Å²) in [5.74, 6) is 0.771. The van der Waals surface area contributed by atoms with Crippen molar-refractivity contribution in [1.82, 2.24) is 4.90 Å². The van der Waals surface area contributed by atoms with Gasteiger partial charge in [-0.05, 0) is 42.5 Å². The van der Waals surface area contributed by atoms with Crippen LogP contribution < -0.4 is 9.64 Å². The molecule has 1 heterocycles. The van der Waals surface area contributed by atoms with Gasteiger partial charge in [-0.3, -0.25) is 4.90 Å². The van der Waals surface area contributed by atoms with E-state index in [-0.39, 0.29) is 0 Å². The van der Waals surface area contributed by atoms with Crippen LogP contribution in [0.5, 0.6) is 5.75 Å². The molecule has 1 aliphatic heterocycles. The topological polar surface area (TPSA) is 35.9 Å². The van der Waals surface area contributed by atoms with Gasteiger partial charge in [0.15, 0.2) is 0 Å². The van der Waals surface area contributed by atoms with Crippen LogP contribution in [0.25, 0.3) is 0 Å². The molecule has 1 atom stereocenters. The first-order valence-electron chi connectivity index (χ1n) is 8.39. The van der Waals surface area contributed by atoms with Crippen molar-refractivity contribution in [3.05, 3.63) is 58.0 Å². The molecule has 0 amide bonds. The van der Waals surface area contributed by atoms with E-state index in [0.717, 1.165) is 47.1 Å². The number of nitrogens with zero attached hydrogens (tertiary/aromatic N) is 2. The van der Waals surface area contributed by atoms with Gasteiger partial charge in [0.25, 0.3) is 0 Å². The molecule has 1 aliphatic rings. The second kappa shape index (κ2) is 8.90. The van der Waals surface area contributed by atoms with E-state index >= 15 is 0 Å². The predicted octanol–water partition coefficient (Wildman–Crippen LogP) is 3.66. The highest BCUT2D eigenvalue weighted by atomic mass is 79.9. The molecule has 4 nitrogen and oxygen atoms in total. The minimum atomic E-state index is -0.499. The number of benzene rings is 2. The minimum absolute atomic E-state index is 0.302. The van der Waals surface area contributed by atoms with E-state index in [1.54, 1.807) is 0 Å². The van der Waals surface area contributed by atoms with Crippen LogP contribution in [0.4, 0.5) is 5.69 Å². The lowest BCUT2D eigenvalue weighted by molar-refractivity contribution is 0.0663. The van der Waals surface area contributed by atoms with E-state index in [9.17, 15) is 5.11 Å². The fraction of sp³-hybridized carbons (Fsp3) is 0.368. The fourth-order valence-corrected chi connectivity index (χ4v) is 3.38. The van der Waals surface area contributed by atoms with Gasteiger partial charge in [-0.15, -0.1) is 0 Å². The van der Waals surface area contributed by atoms with Gasteiger partial charge in [0.05, 0.1) is 0 Å². The molecule has 0 bridgehead atoms. The van der Waals surface area contributed by atoms with Gasteiger partial charge < -0.3 is 14.7 Å². The average molecular weight is 426 g/mol. The van der Waals surface area contributed by atoms with Crippen LogP contribution >= 0.6 is 27.5 Å². The third-order valence-electron chi connectivity index (χ3n) is 4.27. The first-order chi connectivity index (χ1) is 12.1. The molecule has 2 aromatic rings. The average Bonchev–Trinajstić information content (AvgIpc) is 2.62. The summed E-state index contributed by atoms with van der Waals surface area (Å²) >= 11 is 9.46. The Morgan fingerprint density at radius 3 is 2.48 bits per heavy atom. The van der Waals surface area contributed by atoms with Crippen LogP contribution in [0.1, 0.15) is 0 Å². The summed E-state index contributed by atoms with van der Waals surface area (Å²) in [5, 5.41) is 11.0. The van der Waals surface area contributed by atoms with E-state index in [4.69, 9.17) is 16.3 Å². The number of piperazine rings is 1. The van der Waals surface area contributed by atoms with Crippen molar-refractivity contribution in [2.45, 2.75) is 6.10 Å². The van der Waals surface area contributed by atoms with E-state index in [1.165, 1.54) is 0 Å². The summed E-state index contributed by atoms with van der Waals surface area (Å²) in [4.78, 5) is 4.60. The number of hydrogen-bond donors (Lipinski definition) is 1. The van der Waals surface area contributed by atoms with Crippen LogP contribution in [0.2, 0.25) is 5.02 Å². The van der Waals surface area contributed by atoms with E-state index < -0.39 is 6.10 Å². The van der Waals surface area contributed by atoms with Crippen molar-refractivity contribution >= 4 is 33.2 Å². The Labute approximate surface area is 162 Å². The molecule has 6 heteroatoms. The van der Waals surface area contributed by atoms with Crippen LogP contribution in [0.15, 0.2) is 53.0 Å². The number of halogens is 2. The van der Waals surface area contributed by atoms with Crippen LogP contribution in [0, 0.1) is 0 Å². The second-order valence-corrected chi connectivity index (χ2v) is 7.54. The Balaban J connectivity index is 1.41. The number of β-amino-alcohol motifs (C(OH)–C–C–N with tert-alkyl or cyclic N) is 1. The standard InChI is InChI=1S/C19H22BrClN2O2/c20-15-4-6-19(7-5-15)25-14-18(24)13-22-8-10-23(11-9-22)17-3-1-2-16(21)12-17/h1-7,12,18,24H,8-11,13-14H2/t18-/m0/s1. The molecule has 1 fully saturated rings. The highest BCUT2D eigenvalue weighted by Crippen LogP contribution is 2.21. The summed E-state index contributed by atoms with van der Waals surface area (Å²) in [6.07, 6.45) is -0.499. The Morgan fingerprint density at radius 2 is 1.80 bits per heavy atom. The van der Waals surface area contributed by atoms with Gasteiger partial charge in [-0.2, -0.15) is 0 Å². The van der Waals surface area contributed by atoms with Gasteiger partial charge in [-0.25, -0.2) is 0 Å². The number of aliphatic hydroxyl groups excluding tert-OH is 1. The lowest BCUT2D eigenvalue weighted by Gasteiger charge is -2.36. The molecule has 2 aromatic carbocycles.